The average molecular weight is 295 g/mol. The van der Waals surface area contributed by atoms with E-state index in [0.29, 0.717) is 0 Å². The SMILES string of the molecule is CC(=CCCC=[N+]([O-])C1CCCCC1)CCCC(C)(C)O. The summed E-state index contributed by atoms with van der Waals surface area (Å²) in [5.74, 6) is 0. The molecule has 1 rings (SSSR count). The van der Waals surface area contributed by atoms with E-state index in [1.165, 1.54) is 29.6 Å². The van der Waals surface area contributed by atoms with Crippen LogP contribution in [0, 0.1) is 5.21 Å². The Kier molecular flexibility index (Phi) is 8.02. The number of hydroxylamine groups is 1. The Morgan fingerprint density at radius 3 is 2.52 bits per heavy atom. The Hall–Kier alpha value is -0.830. The number of hydrogen-bond donors (Lipinski definition) is 1. The van der Waals surface area contributed by atoms with Gasteiger partial charge in [-0.1, -0.05) is 18.1 Å². The van der Waals surface area contributed by atoms with Crippen LogP contribution in [0.2, 0.25) is 0 Å². The molecule has 1 saturated carbocycles. The first-order chi connectivity index (χ1) is 9.88. The minimum atomic E-state index is -0.558. The van der Waals surface area contributed by atoms with Gasteiger partial charge in [-0.3, -0.25) is 0 Å². The molecule has 0 atom stereocenters. The van der Waals surface area contributed by atoms with E-state index in [0.717, 1.165) is 44.9 Å². The number of unbranched alkanes of at least 4 members (excludes halogenated alkanes) is 1. The third kappa shape index (κ3) is 8.92. The highest BCUT2D eigenvalue weighted by Crippen LogP contribution is 2.19. The van der Waals surface area contributed by atoms with Crippen molar-refractivity contribution < 1.29 is 9.85 Å². The molecule has 0 bridgehead atoms. The molecule has 0 unspecified atom stereocenters. The molecule has 3 nitrogen and oxygen atoms in total. The number of nitrogens with zero attached hydrogens (tertiary/aromatic N) is 1. The van der Waals surface area contributed by atoms with Gasteiger partial charge >= 0.3 is 0 Å². The molecule has 1 aliphatic carbocycles. The third-order valence-corrected chi connectivity index (χ3v) is 4.26. The predicted octanol–water partition coefficient (Wildman–Crippen LogP) is 4.57. The number of aliphatic hydroxyl groups is 1. The summed E-state index contributed by atoms with van der Waals surface area (Å²) >= 11 is 0. The van der Waals surface area contributed by atoms with E-state index in [1.54, 1.807) is 0 Å². The Balaban J connectivity index is 2.20. The van der Waals surface area contributed by atoms with E-state index >= 15 is 0 Å². The first kappa shape index (κ1) is 18.2. The second-order valence-corrected chi connectivity index (χ2v) is 7.13. The van der Waals surface area contributed by atoms with Gasteiger partial charge in [-0.05, 0) is 59.3 Å². The van der Waals surface area contributed by atoms with Gasteiger partial charge in [0.1, 0.15) is 0 Å². The number of rotatable bonds is 8. The van der Waals surface area contributed by atoms with E-state index in [4.69, 9.17) is 0 Å². The molecule has 0 amide bonds. The van der Waals surface area contributed by atoms with Crippen molar-refractivity contribution >= 4 is 6.21 Å². The minimum absolute atomic E-state index is 0.232. The molecule has 0 radical (unpaired) electrons. The van der Waals surface area contributed by atoms with Crippen molar-refractivity contribution in [3.05, 3.63) is 16.9 Å². The monoisotopic (exact) mass is 295 g/mol. The molecule has 0 aromatic heterocycles. The molecule has 0 spiro atoms. The zero-order chi connectivity index (χ0) is 15.7. The van der Waals surface area contributed by atoms with Gasteiger partial charge < -0.3 is 10.3 Å². The fourth-order valence-corrected chi connectivity index (χ4v) is 2.92. The van der Waals surface area contributed by atoms with Crippen LogP contribution in [-0.4, -0.2) is 27.7 Å². The summed E-state index contributed by atoms with van der Waals surface area (Å²) in [6.07, 6.45) is 14.6. The molecule has 0 aromatic rings. The smallest absolute Gasteiger partial charge is 0.162 e. The zero-order valence-electron chi connectivity index (χ0n) is 14.1. The van der Waals surface area contributed by atoms with Crippen molar-refractivity contribution in [1.29, 1.82) is 0 Å². The van der Waals surface area contributed by atoms with Crippen LogP contribution in [0.5, 0.6) is 0 Å². The van der Waals surface area contributed by atoms with Crippen molar-refractivity contribution in [3.63, 3.8) is 0 Å². The van der Waals surface area contributed by atoms with Crippen LogP contribution in [0.4, 0.5) is 0 Å². The van der Waals surface area contributed by atoms with Crippen LogP contribution in [0.3, 0.4) is 0 Å². The van der Waals surface area contributed by atoms with Crippen LogP contribution < -0.4 is 0 Å². The average Bonchev–Trinajstić information content (AvgIpc) is 2.43. The van der Waals surface area contributed by atoms with E-state index in [9.17, 15) is 10.3 Å². The van der Waals surface area contributed by atoms with Crippen LogP contribution >= 0.6 is 0 Å². The first-order valence-electron chi connectivity index (χ1n) is 8.55. The molecule has 0 aromatic carbocycles. The van der Waals surface area contributed by atoms with Gasteiger partial charge in [0.25, 0.3) is 0 Å². The molecule has 0 aliphatic heterocycles. The van der Waals surface area contributed by atoms with Gasteiger partial charge in [0.2, 0.25) is 0 Å². The van der Waals surface area contributed by atoms with Gasteiger partial charge in [0, 0.05) is 19.3 Å². The van der Waals surface area contributed by atoms with Crippen molar-refractivity contribution in [1.82, 2.24) is 0 Å². The summed E-state index contributed by atoms with van der Waals surface area (Å²) < 4.78 is 1.20. The zero-order valence-corrected chi connectivity index (χ0v) is 14.1. The Morgan fingerprint density at radius 1 is 1.24 bits per heavy atom. The van der Waals surface area contributed by atoms with E-state index in [-0.39, 0.29) is 6.04 Å². The Labute approximate surface area is 130 Å². The van der Waals surface area contributed by atoms with Crippen LogP contribution in [0.1, 0.15) is 85.0 Å². The normalized spacial score (nSPS) is 19.0. The van der Waals surface area contributed by atoms with E-state index in [2.05, 4.69) is 13.0 Å². The summed E-state index contributed by atoms with van der Waals surface area (Å²) in [7, 11) is 0. The standard InChI is InChI=1S/C18H33NO2/c1-16(11-9-14-18(2,3)20)10-7-8-15-19(21)17-12-5-4-6-13-17/h10,15,17,20H,4-9,11-14H2,1-3H3. The van der Waals surface area contributed by atoms with Crippen LogP contribution in [0.15, 0.2) is 11.6 Å². The molecule has 1 aliphatic rings. The quantitative estimate of drug-likeness (QED) is 0.178. The maximum Gasteiger partial charge on any atom is 0.162 e. The maximum absolute atomic E-state index is 11.9. The fourth-order valence-electron chi connectivity index (χ4n) is 2.92. The molecule has 0 heterocycles. The molecule has 3 heteroatoms. The summed E-state index contributed by atoms with van der Waals surface area (Å²) in [4.78, 5) is 0. The van der Waals surface area contributed by atoms with Gasteiger partial charge in [0.05, 0.1) is 5.60 Å². The highest BCUT2D eigenvalue weighted by molar-refractivity contribution is 5.51. The molecule has 1 N–H and O–H groups in total. The second-order valence-electron chi connectivity index (χ2n) is 7.13. The topological polar surface area (TPSA) is 46.3 Å². The highest BCUT2D eigenvalue weighted by atomic mass is 16.5. The van der Waals surface area contributed by atoms with E-state index < -0.39 is 5.60 Å². The van der Waals surface area contributed by atoms with Crippen LogP contribution in [0.25, 0.3) is 0 Å². The molecular weight excluding hydrogens is 262 g/mol. The summed E-state index contributed by atoms with van der Waals surface area (Å²) in [5, 5.41) is 21.6. The molecule has 122 valence electrons. The fraction of sp³-hybridized carbons (Fsp3) is 0.833. The predicted molar refractivity (Wildman–Crippen MR) is 89.7 cm³/mol. The van der Waals surface area contributed by atoms with Crippen molar-refractivity contribution in [2.24, 2.45) is 0 Å². The summed E-state index contributed by atoms with van der Waals surface area (Å²) in [6.45, 7) is 5.85. The Bertz CT molecular complexity index is 347. The van der Waals surface area contributed by atoms with Gasteiger partial charge in [-0.25, -0.2) is 4.74 Å². The highest BCUT2D eigenvalue weighted by Gasteiger charge is 2.18. The van der Waals surface area contributed by atoms with Crippen molar-refractivity contribution in [2.45, 2.75) is 96.6 Å². The molecule has 21 heavy (non-hydrogen) atoms. The summed E-state index contributed by atoms with van der Waals surface area (Å²) in [5.41, 5.74) is 0.805. The lowest BCUT2D eigenvalue weighted by Gasteiger charge is -2.20. The molecular formula is C18H33NO2. The molecule has 0 saturated heterocycles. The second kappa shape index (κ2) is 9.24. The number of allylic oxidation sites excluding steroid dienone is 2. The lowest BCUT2D eigenvalue weighted by atomic mass is 9.96. The Morgan fingerprint density at radius 2 is 1.90 bits per heavy atom. The molecule has 1 fully saturated rings. The van der Waals surface area contributed by atoms with Gasteiger partial charge in [0.15, 0.2) is 12.3 Å². The van der Waals surface area contributed by atoms with Gasteiger partial charge in [-0.15, -0.1) is 0 Å². The lowest BCUT2D eigenvalue weighted by molar-refractivity contribution is -0.502. The summed E-state index contributed by atoms with van der Waals surface area (Å²) in [6, 6.07) is 0.232. The minimum Gasteiger partial charge on any atom is -0.624 e. The van der Waals surface area contributed by atoms with Crippen LogP contribution in [-0.2, 0) is 0 Å². The number of hydrogen-bond acceptors (Lipinski definition) is 2. The van der Waals surface area contributed by atoms with E-state index in [1.807, 2.05) is 20.1 Å². The van der Waals surface area contributed by atoms with Crippen molar-refractivity contribution in [3.8, 4) is 0 Å². The lowest BCUT2D eigenvalue weighted by Crippen LogP contribution is -2.24. The van der Waals surface area contributed by atoms with Gasteiger partial charge in [-0.2, -0.15) is 0 Å². The largest absolute Gasteiger partial charge is 0.624 e. The maximum atomic E-state index is 11.9. The van der Waals surface area contributed by atoms with Crippen molar-refractivity contribution in [2.75, 3.05) is 0 Å². The third-order valence-electron chi connectivity index (χ3n) is 4.26. The first-order valence-corrected chi connectivity index (χ1v) is 8.55.